The molecule has 3 nitrogen and oxygen atoms in total. The number of hydrogen-bond acceptors (Lipinski definition) is 3. The number of rotatable bonds is 5. The Morgan fingerprint density at radius 2 is 2.50 bits per heavy atom. The van der Waals surface area contributed by atoms with E-state index in [9.17, 15) is 0 Å². The van der Waals surface area contributed by atoms with Gasteiger partial charge in [-0.15, -0.1) is 0 Å². The zero-order chi connectivity index (χ0) is 8.81. The molecule has 0 radical (unpaired) electrons. The molecule has 0 aromatic heterocycles. The second-order valence-electron chi connectivity index (χ2n) is 3.64. The lowest BCUT2D eigenvalue weighted by Gasteiger charge is -2.11. The van der Waals surface area contributed by atoms with Crippen molar-refractivity contribution in [2.75, 3.05) is 19.6 Å². The third-order valence-electron chi connectivity index (χ3n) is 2.29. The summed E-state index contributed by atoms with van der Waals surface area (Å²) in [5, 5.41) is 15.7. The summed E-state index contributed by atoms with van der Waals surface area (Å²) in [5.74, 6) is 0. The molecule has 0 saturated carbocycles. The van der Waals surface area contributed by atoms with E-state index < -0.39 is 0 Å². The van der Waals surface area contributed by atoms with Crippen LogP contribution in [-0.2, 0) is 0 Å². The maximum Gasteiger partial charge on any atom is 0.0524 e. The standard InChI is InChI=1S/C9H20N2O/c1-8(12)4-6-10-7-9-3-2-5-11-9/h8-12H,2-7H2,1H3. The van der Waals surface area contributed by atoms with E-state index in [1.54, 1.807) is 0 Å². The molecular weight excluding hydrogens is 152 g/mol. The Hall–Kier alpha value is -0.120. The van der Waals surface area contributed by atoms with E-state index in [0.717, 1.165) is 19.5 Å². The first-order chi connectivity index (χ1) is 5.79. The molecule has 72 valence electrons. The predicted molar refractivity (Wildman–Crippen MR) is 50.2 cm³/mol. The molecule has 0 aromatic carbocycles. The van der Waals surface area contributed by atoms with Crippen LogP contribution < -0.4 is 10.6 Å². The molecule has 0 aromatic rings. The van der Waals surface area contributed by atoms with E-state index in [0.29, 0.717) is 6.04 Å². The van der Waals surface area contributed by atoms with Crippen molar-refractivity contribution in [3.63, 3.8) is 0 Å². The fourth-order valence-electron chi connectivity index (χ4n) is 1.52. The van der Waals surface area contributed by atoms with Crippen molar-refractivity contribution in [2.45, 2.75) is 38.3 Å². The Morgan fingerprint density at radius 1 is 1.67 bits per heavy atom. The second-order valence-corrected chi connectivity index (χ2v) is 3.64. The van der Waals surface area contributed by atoms with Gasteiger partial charge in [0.05, 0.1) is 6.10 Å². The monoisotopic (exact) mass is 172 g/mol. The van der Waals surface area contributed by atoms with Crippen molar-refractivity contribution in [3.05, 3.63) is 0 Å². The number of hydrogen-bond donors (Lipinski definition) is 3. The van der Waals surface area contributed by atoms with Crippen molar-refractivity contribution in [3.8, 4) is 0 Å². The number of aliphatic hydroxyl groups excluding tert-OH is 1. The van der Waals surface area contributed by atoms with Gasteiger partial charge in [-0.1, -0.05) is 0 Å². The Morgan fingerprint density at radius 3 is 3.08 bits per heavy atom. The van der Waals surface area contributed by atoms with Crippen LogP contribution in [0.25, 0.3) is 0 Å². The minimum absolute atomic E-state index is 0.172. The van der Waals surface area contributed by atoms with Crippen molar-refractivity contribution >= 4 is 0 Å². The molecular formula is C9H20N2O. The lowest BCUT2D eigenvalue weighted by molar-refractivity contribution is 0.183. The highest BCUT2D eigenvalue weighted by Gasteiger charge is 2.12. The molecule has 2 unspecified atom stereocenters. The van der Waals surface area contributed by atoms with Gasteiger partial charge in [0.1, 0.15) is 0 Å². The van der Waals surface area contributed by atoms with Gasteiger partial charge in [0.15, 0.2) is 0 Å². The molecule has 0 amide bonds. The first-order valence-electron chi connectivity index (χ1n) is 4.91. The van der Waals surface area contributed by atoms with E-state index in [-0.39, 0.29) is 6.10 Å². The molecule has 1 fully saturated rings. The zero-order valence-electron chi connectivity index (χ0n) is 7.84. The first kappa shape index (κ1) is 9.96. The highest BCUT2D eigenvalue weighted by Crippen LogP contribution is 2.02. The van der Waals surface area contributed by atoms with Crippen molar-refractivity contribution < 1.29 is 5.11 Å². The topological polar surface area (TPSA) is 44.3 Å². The largest absolute Gasteiger partial charge is 0.393 e. The Balaban J connectivity index is 1.88. The van der Waals surface area contributed by atoms with Gasteiger partial charge in [0, 0.05) is 12.6 Å². The molecule has 0 aliphatic carbocycles. The van der Waals surface area contributed by atoms with Crippen molar-refractivity contribution in [1.82, 2.24) is 10.6 Å². The van der Waals surface area contributed by atoms with Crippen LogP contribution in [0.1, 0.15) is 26.2 Å². The molecule has 0 bridgehead atoms. The zero-order valence-corrected chi connectivity index (χ0v) is 7.84. The van der Waals surface area contributed by atoms with E-state index in [2.05, 4.69) is 10.6 Å². The molecule has 1 heterocycles. The van der Waals surface area contributed by atoms with Gasteiger partial charge in [0.25, 0.3) is 0 Å². The minimum Gasteiger partial charge on any atom is -0.393 e. The van der Waals surface area contributed by atoms with Crippen LogP contribution in [0, 0.1) is 0 Å². The molecule has 1 rings (SSSR count). The second kappa shape index (κ2) is 5.51. The molecule has 1 saturated heterocycles. The van der Waals surface area contributed by atoms with Gasteiger partial charge in [-0.3, -0.25) is 0 Å². The summed E-state index contributed by atoms with van der Waals surface area (Å²) in [6.07, 6.45) is 3.28. The van der Waals surface area contributed by atoms with Crippen LogP contribution in [0.3, 0.4) is 0 Å². The van der Waals surface area contributed by atoms with Crippen LogP contribution in [0.15, 0.2) is 0 Å². The normalized spacial score (nSPS) is 26.0. The van der Waals surface area contributed by atoms with Gasteiger partial charge in [0.2, 0.25) is 0 Å². The summed E-state index contributed by atoms with van der Waals surface area (Å²) >= 11 is 0. The van der Waals surface area contributed by atoms with Crippen LogP contribution in [-0.4, -0.2) is 36.9 Å². The quantitative estimate of drug-likeness (QED) is 0.515. The fourth-order valence-corrected chi connectivity index (χ4v) is 1.52. The third kappa shape index (κ3) is 4.04. The minimum atomic E-state index is -0.172. The van der Waals surface area contributed by atoms with E-state index in [4.69, 9.17) is 5.11 Å². The number of nitrogens with one attached hydrogen (secondary N) is 2. The van der Waals surface area contributed by atoms with Crippen LogP contribution >= 0.6 is 0 Å². The smallest absolute Gasteiger partial charge is 0.0524 e. The maximum absolute atomic E-state index is 8.99. The van der Waals surface area contributed by atoms with Crippen molar-refractivity contribution in [1.29, 1.82) is 0 Å². The summed E-state index contributed by atoms with van der Waals surface area (Å²) in [7, 11) is 0. The third-order valence-corrected chi connectivity index (χ3v) is 2.29. The molecule has 3 heteroatoms. The summed E-state index contributed by atoms with van der Waals surface area (Å²) < 4.78 is 0. The summed E-state index contributed by atoms with van der Waals surface area (Å²) in [6.45, 7) is 4.97. The number of aliphatic hydroxyl groups is 1. The van der Waals surface area contributed by atoms with Gasteiger partial charge in [-0.2, -0.15) is 0 Å². The summed E-state index contributed by atoms with van der Waals surface area (Å²) in [4.78, 5) is 0. The van der Waals surface area contributed by atoms with Gasteiger partial charge >= 0.3 is 0 Å². The van der Waals surface area contributed by atoms with Gasteiger partial charge in [-0.05, 0) is 39.3 Å². The predicted octanol–water partition coefficient (Wildman–Crippen LogP) is 0.0989. The van der Waals surface area contributed by atoms with Crippen LogP contribution in [0.5, 0.6) is 0 Å². The summed E-state index contributed by atoms with van der Waals surface area (Å²) in [5.41, 5.74) is 0. The molecule has 3 N–H and O–H groups in total. The average molecular weight is 172 g/mol. The van der Waals surface area contributed by atoms with E-state index >= 15 is 0 Å². The Labute approximate surface area is 74.5 Å². The molecule has 0 spiro atoms. The SMILES string of the molecule is CC(O)CCNCC1CCCN1. The van der Waals surface area contributed by atoms with Crippen LogP contribution in [0.4, 0.5) is 0 Å². The average Bonchev–Trinajstić information content (AvgIpc) is 2.49. The Bertz CT molecular complexity index is 111. The lowest BCUT2D eigenvalue weighted by atomic mass is 10.2. The molecule has 12 heavy (non-hydrogen) atoms. The lowest BCUT2D eigenvalue weighted by Crippen LogP contribution is -2.34. The molecule has 2 atom stereocenters. The molecule has 1 aliphatic rings. The van der Waals surface area contributed by atoms with E-state index in [1.165, 1.54) is 19.4 Å². The molecule has 1 aliphatic heterocycles. The summed E-state index contributed by atoms with van der Waals surface area (Å²) in [6, 6.07) is 0.666. The van der Waals surface area contributed by atoms with Gasteiger partial charge < -0.3 is 15.7 Å². The highest BCUT2D eigenvalue weighted by molar-refractivity contribution is 4.75. The van der Waals surface area contributed by atoms with Crippen LogP contribution in [0.2, 0.25) is 0 Å². The maximum atomic E-state index is 8.99. The fraction of sp³-hybridized carbons (Fsp3) is 1.00. The first-order valence-corrected chi connectivity index (χ1v) is 4.91. The van der Waals surface area contributed by atoms with E-state index in [1.807, 2.05) is 6.92 Å². The van der Waals surface area contributed by atoms with Gasteiger partial charge in [-0.25, -0.2) is 0 Å². The highest BCUT2D eigenvalue weighted by atomic mass is 16.3. The van der Waals surface area contributed by atoms with Crippen molar-refractivity contribution in [2.24, 2.45) is 0 Å². The Kier molecular flexibility index (Phi) is 4.58.